The molecule has 3 aromatic heterocycles. The van der Waals surface area contributed by atoms with E-state index in [9.17, 15) is 4.79 Å². The largest absolute Gasteiger partial charge is 0.474 e. The Hall–Kier alpha value is -3.15. The monoisotopic (exact) mass is 346 g/mol. The van der Waals surface area contributed by atoms with E-state index in [1.165, 1.54) is 6.42 Å². The Bertz CT molecular complexity index is 1190. The minimum Gasteiger partial charge on any atom is -0.474 e. The second-order valence-electron chi connectivity index (χ2n) is 6.73. The van der Waals surface area contributed by atoms with Crippen LogP contribution in [0.15, 0.2) is 53.5 Å². The van der Waals surface area contributed by atoms with Crippen molar-refractivity contribution in [2.75, 3.05) is 0 Å². The number of aromatic nitrogens is 4. The van der Waals surface area contributed by atoms with Crippen LogP contribution in [0.4, 0.5) is 0 Å². The third kappa shape index (κ3) is 2.29. The van der Waals surface area contributed by atoms with Crippen LogP contribution >= 0.6 is 0 Å². The maximum atomic E-state index is 12.6. The fraction of sp³-hybridized carbons (Fsp3) is 0.250. The molecule has 6 nitrogen and oxygen atoms in total. The van der Waals surface area contributed by atoms with E-state index in [1.54, 1.807) is 17.8 Å². The van der Waals surface area contributed by atoms with Gasteiger partial charge in [-0.2, -0.15) is 5.10 Å². The summed E-state index contributed by atoms with van der Waals surface area (Å²) in [6.45, 7) is 0. The zero-order valence-corrected chi connectivity index (χ0v) is 14.4. The number of benzene rings is 1. The standard InChI is InChI=1S/C20H18N4O2/c1-23-19-12-16(13-9-10-21-18(11-13)26-14-5-4-6-14)22-24(19)17-8-3-2-7-15(17)20(23)25/h2-3,7-12,14H,4-6H2,1H3. The first-order valence-corrected chi connectivity index (χ1v) is 8.81. The quantitative estimate of drug-likeness (QED) is 0.572. The molecule has 0 N–H and O–H groups in total. The van der Waals surface area contributed by atoms with Gasteiger partial charge in [0.25, 0.3) is 5.56 Å². The number of para-hydroxylation sites is 1. The Morgan fingerprint density at radius 1 is 1.15 bits per heavy atom. The lowest BCUT2D eigenvalue weighted by Crippen LogP contribution is -2.24. The molecule has 0 atom stereocenters. The summed E-state index contributed by atoms with van der Waals surface area (Å²) in [5.41, 5.74) is 3.24. The third-order valence-corrected chi connectivity index (χ3v) is 5.07. The van der Waals surface area contributed by atoms with E-state index in [2.05, 4.69) is 4.98 Å². The summed E-state index contributed by atoms with van der Waals surface area (Å²) >= 11 is 0. The number of aryl methyl sites for hydroxylation is 1. The fourth-order valence-corrected chi connectivity index (χ4v) is 3.35. The van der Waals surface area contributed by atoms with Crippen molar-refractivity contribution in [3.05, 3.63) is 59.0 Å². The smallest absolute Gasteiger partial charge is 0.261 e. The second-order valence-corrected chi connectivity index (χ2v) is 6.73. The Balaban J connectivity index is 1.66. The van der Waals surface area contributed by atoms with Crippen LogP contribution in [0.3, 0.4) is 0 Å². The van der Waals surface area contributed by atoms with Crippen molar-refractivity contribution >= 4 is 16.6 Å². The zero-order chi connectivity index (χ0) is 17.7. The topological polar surface area (TPSA) is 61.4 Å². The van der Waals surface area contributed by atoms with Gasteiger partial charge in [-0.25, -0.2) is 9.50 Å². The van der Waals surface area contributed by atoms with Crippen LogP contribution in [0.1, 0.15) is 19.3 Å². The lowest BCUT2D eigenvalue weighted by Gasteiger charge is -2.25. The van der Waals surface area contributed by atoms with Gasteiger partial charge in [0.1, 0.15) is 11.8 Å². The maximum Gasteiger partial charge on any atom is 0.261 e. The minimum absolute atomic E-state index is 0.0247. The average molecular weight is 346 g/mol. The number of fused-ring (bicyclic) bond motifs is 3. The number of hydrogen-bond donors (Lipinski definition) is 0. The molecule has 130 valence electrons. The van der Waals surface area contributed by atoms with Crippen molar-refractivity contribution in [1.82, 2.24) is 19.2 Å². The lowest BCUT2D eigenvalue weighted by atomic mass is 9.96. The number of hydrogen-bond acceptors (Lipinski definition) is 4. The van der Waals surface area contributed by atoms with Crippen LogP contribution in [0, 0.1) is 0 Å². The summed E-state index contributed by atoms with van der Waals surface area (Å²) in [5, 5.41) is 5.39. The van der Waals surface area contributed by atoms with Crippen molar-refractivity contribution in [3.63, 3.8) is 0 Å². The van der Waals surface area contributed by atoms with Gasteiger partial charge in [-0.15, -0.1) is 0 Å². The first-order chi connectivity index (χ1) is 12.7. The molecule has 1 fully saturated rings. The van der Waals surface area contributed by atoms with Gasteiger partial charge in [0.2, 0.25) is 5.88 Å². The lowest BCUT2D eigenvalue weighted by molar-refractivity contribution is 0.115. The molecule has 26 heavy (non-hydrogen) atoms. The van der Waals surface area contributed by atoms with Crippen molar-refractivity contribution in [2.24, 2.45) is 7.05 Å². The SMILES string of the molecule is Cn1c(=O)c2ccccc2n2nc(-c3ccnc(OC4CCC4)c3)cc12. The van der Waals surface area contributed by atoms with Crippen molar-refractivity contribution in [1.29, 1.82) is 0 Å². The molecule has 1 aliphatic rings. The molecule has 0 bridgehead atoms. The van der Waals surface area contributed by atoms with Crippen molar-refractivity contribution in [2.45, 2.75) is 25.4 Å². The summed E-state index contributed by atoms with van der Waals surface area (Å²) in [6.07, 6.45) is 5.43. The van der Waals surface area contributed by atoms with E-state index >= 15 is 0 Å². The summed E-state index contributed by atoms with van der Waals surface area (Å²) in [6, 6.07) is 13.3. The van der Waals surface area contributed by atoms with Gasteiger partial charge in [-0.05, 0) is 37.5 Å². The molecular formula is C20H18N4O2. The Labute approximate surface area is 149 Å². The number of ether oxygens (including phenoxy) is 1. The van der Waals surface area contributed by atoms with Gasteiger partial charge < -0.3 is 4.74 Å². The van der Waals surface area contributed by atoms with E-state index in [-0.39, 0.29) is 11.7 Å². The molecule has 5 rings (SSSR count). The van der Waals surface area contributed by atoms with Crippen LogP contribution in [-0.4, -0.2) is 25.3 Å². The number of rotatable bonds is 3. The van der Waals surface area contributed by atoms with E-state index in [0.29, 0.717) is 11.3 Å². The fourth-order valence-electron chi connectivity index (χ4n) is 3.35. The van der Waals surface area contributed by atoms with Gasteiger partial charge in [-0.3, -0.25) is 9.36 Å². The molecule has 1 aliphatic carbocycles. The summed E-state index contributed by atoms with van der Waals surface area (Å²) in [7, 11) is 1.77. The molecule has 0 aliphatic heterocycles. The van der Waals surface area contributed by atoms with Gasteiger partial charge in [-0.1, -0.05) is 12.1 Å². The van der Waals surface area contributed by atoms with Gasteiger partial charge in [0.15, 0.2) is 0 Å². The Kier molecular flexibility index (Phi) is 3.31. The van der Waals surface area contributed by atoms with Gasteiger partial charge >= 0.3 is 0 Å². The molecule has 6 heteroatoms. The second kappa shape index (κ2) is 5.69. The molecule has 1 aromatic carbocycles. The molecule has 0 spiro atoms. The molecular weight excluding hydrogens is 328 g/mol. The molecule has 4 aromatic rings. The van der Waals surface area contributed by atoms with Gasteiger partial charge in [0, 0.05) is 30.9 Å². The number of nitrogens with zero attached hydrogens (tertiary/aromatic N) is 4. The van der Waals surface area contributed by atoms with E-state index in [1.807, 2.05) is 47.0 Å². The third-order valence-electron chi connectivity index (χ3n) is 5.07. The Morgan fingerprint density at radius 3 is 2.81 bits per heavy atom. The van der Waals surface area contributed by atoms with Crippen LogP contribution < -0.4 is 10.3 Å². The first-order valence-electron chi connectivity index (χ1n) is 8.81. The Morgan fingerprint density at radius 2 is 2.00 bits per heavy atom. The highest BCUT2D eigenvalue weighted by Gasteiger charge is 2.20. The predicted molar refractivity (Wildman–Crippen MR) is 99.4 cm³/mol. The van der Waals surface area contributed by atoms with E-state index in [0.717, 1.165) is 35.3 Å². The minimum atomic E-state index is -0.0247. The van der Waals surface area contributed by atoms with E-state index in [4.69, 9.17) is 9.84 Å². The van der Waals surface area contributed by atoms with Gasteiger partial charge in [0.05, 0.1) is 16.6 Å². The molecule has 0 saturated heterocycles. The maximum absolute atomic E-state index is 12.6. The average Bonchev–Trinajstić information content (AvgIpc) is 3.09. The van der Waals surface area contributed by atoms with Crippen molar-refractivity contribution in [3.8, 4) is 17.1 Å². The van der Waals surface area contributed by atoms with E-state index < -0.39 is 0 Å². The van der Waals surface area contributed by atoms with Crippen LogP contribution in [0.2, 0.25) is 0 Å². The molecule has 0 unspecified atom stereocenters. The van der Waals surface area contributed by atoms with Crippen LogP contribution in [-0.2, 0) is 7.05 Å². The zero-order valence-electron chi connectivity index (χ0n) is 14.4. The van der Waals surface area contributed by atoms with Crippen LogP contribution in [0.25, 0.3) is 27.8 Å². The van der Waals surface area contributed by atoms with Crippen molar-refractivity contribution < 1.29 is 4.74 Å². The highest BCUT2D eigenvalue weighted by molar-refractivity contribution is 5.81. The highest BCUT2D eigenvalue weighted by Crippen LogP contribution is 2.27. The molecule has 3 heterocycles. The molecule has 0 radical (unpaired) electrons. The first kappa shape index (κ1) is 15.1. The number of pyridine rings is 1. The highest BCUT2D eigenvalue weighted by atomic mass is 16.5. The summed E-state index contributed by atoms with van der Waals surface area (Å²) in [5.74, 6) is 0.628. The molecule has 1 saturated carbocycles. The predicted octanol–water partition coefficient (Wildman–Crippen LogP) is 3.18. The normalized spacial score (nSPS) is 14.7. The summed E-state index contributed by atoms with van der Waals surface area (Å²) < 4.78 is 9.35. The molecule has 0 amide bonds. The van der Waals surface area contributed by atoms with Crippen LogP contribution in [0.5, 0.6) is 5.88 Å². The summed E-state index contributed by atoms with van der Waals surface area (Å²) in [4.78, 5) is 16.9.